The van der Waals surface area contributed by atoms with Crippen LogP contribution >= 0.6 is 11.6 Å². The summed E-state index contributed by atoms with van der Waals surface area (Å²) in [5.74, 6) is -0.255. The Morgan fingerprint density at radius 1 is 1.47 bits per heavy atom. The fourth-order valence-corrected chi connectivity index (χ4v) is 2.60. The van der Waals surface area contributed by atoms with Crippen molar-refractivity contribution in [3.63, 3.8) is 0 Å². The van der Waals surface area contributed by atoms with E-state index >= 15 is 0 Å². The average molecular weight is 285 g/mol. The van der Waals surface area contributed by atoms with Gasteiger partial charge < -0.3 is 10.2 Å². The first-order valence-corrected chi connectivity index (χ1v) is 6.86. The summed E-state index contributed by atoms with van der Waals surface area (Å²) in [5, 5.41) is 3.59. The number of piperidine rings is 1. The molecule has 1 aliphatic heterocycles. The second kappa shape index (κ2) is 6.35. The third-order valence-electron chi connectivity index (χ3n) is 3.52. The van der Waals surface area contributed by atoms with Gasteiger partial charge in [0.05, 0.1) is 0 Å². The number of rotatable bonds is 3. The van der Waals surface area contributed by atoms with Gasteiger partial charge in [0.1, 0.15) is 5.82 Å². The van der Waals surface area contributed by atoms with Crippen LogP contribution in [0.25, 0.3) is 0 Å². The van der Waals surface area contributed by atoms with Crippen molar-refractivity contribution in [3.8, 4) is 0 Å². The van der Waals surface area contributed by atoms with E-state index < -0.39 is 0 Å². The highest BCUT2D eigenvalue weighted by atomic mass is 35.5. The van der Waals surface area contributed by atoms with E-state index in [4.69, 9.17) is 11.6 Å². The summed E-state index contributed by atoms with van der Waals surface area (Å²) in [6.07, 6.45) is 1.68. The second-order valence-corrected chi connectivity index (χ2v) is 5.33. The van der Waals surface area contributed by atoms with E-state index in [0.717, 1.165) is 25.9 Å². The van der Waals surface area contributed by atoms with Crippen molar-refractivity contribution in [3.05, 3.63) is 34.6 Å². The first-order chi connectivity index (χ1) is 9.09. The zero-order valence-electron chi connectivity index (χ0n) is 11.0. The molecule has 1 aromatic carbocycles. The normalized spacial score (nSPS) is 16.4. The molecule has 1 saturated heterocycles. The molecule has 19 heavy (non-hydrogen) atoms. The zero-order chi connectivity index (χ0) is 13.8. The van der Waals surface area contributed by atoms with Crippen LogP contribution in [0.15, 0.2) is 18.2 Å². The molecular formula is C14H18ClFN2O. The molecule has 3 nitrogen and oxygen atoms in total. The third-order valence-corrected chi connectivity index (χ3v) is 3.88. The van der Waals surface area contributed by atoms with Crippen molar-refractivity contribution in [1.29, 1.82) is 0 Å². The fraction of sp³-hybridized carbons (Fsp3) is 0.500. The number of benzene rings is 1. The standard InChI is InChI=1S/C14H18ClFN2O/c1-18(14(19)10-5-7-17-8-6-10)9-11-12(15)3-2-4-13(11)16/h2-4,10,17H,5-9H2,1H3. The zero-order valence-corrected chi connectivity index (χ0v) is 11.7. The summed E-state index contributed by atoms with van der Waals surface area (Å²) < 4.78 is 13.7. The maximum Gasteiger partial charge on any atom is 0.225 e. The minimum absolute atomic E-state index is 0.0387. The molecule has 104 valence electrons. The number of hydrogen-bond donors (Lipinski definition) is 1. The first kappa shape index (κ1) is 14.3. The van der Waals surface area contributed by atoms with Gasteiger partial charge in [0.15, 0.2) is 0 Å². The van der Waals surface area contributed by atoms with Crippen molar-refractivity contribution < 1.29 is 9.18 Å². The van der Waals surface area contributed by atoms with Crippen LogP contribution in [0.1, 0.15) is 18.4 Å². The van der Waals surface area contributed by atoms with Crippen molar-refractivity contribution in [2.45, 2.75) is 19.4 Å². The van der Waals surface area contributed by atoms with Crippen LogP contribution in [0.5, 0.6) is 0 Å². The van der Waals surface area contributed by atoms with Gasteiger partial charge in [-0.05, 0) is 38.1 Å². The highest BCUT2D eigenvalue weighted by Crippen LogP contribution is 2.22. The summed E-state index contributed by atoms with van der Waals surface area (Å²) >= 11 is 5.98. The maximum atomic E-state index is 13.7. The molecule has 0 saturated carbocycles. The van der Waals surface area contributed by atoms with Crippen LogP contribution in [0, 0.1) is 11.7 Å². The van der Waals surface area contributed by atoms with Gasteiger partial charge in [-0.3, -0.25) is 4.79 Å². The molecule has 1 heterocycles. The average Bonchev–Trinajstić information content (AvgIpc) is 2.43. The van der Waals surface area contributed by atoms with Crippen LogP contribution in [0.2, 0.25) is 5.02 Å². The molecule has 0 aromatic heterocycles. The van der Waals surface area contributed by atoms with Crippen LogP contribution in [-0.2, 0) is 11.3 Å². The Labute approximate surface area is 117 Å². The van der Waals surface area contributed by atoms with Crippen molar-refractivity contribution in [2.75, 3.05) is 20.1 Å². The Morgan fingerprint density at radius 2 is 2.16 bits per heavy atom. The van der Waals surface area contributed by atoms with Gasteiger partial charge >= 0.3 is 0 Å². The molecule has 0 aliphatic carbocycles. The Hall–Kier alpha value is -1.13. The number of halogens is 2. The molecule has 1 amide bonds. The van der Waals surface area contributed by atoms with Crippen LogP contribution < -0.4 is 5.32 Å². The van der Waals surface area contributed by atoms with E-state index in [-0.39, 0.29) is 24.2 Å². The highest BCUT2D eigenvalue weighted by Gasteiger charge is 2.24. The summed E-state index contributed by atoms with van der Waals surface area (Å²) in [7, 11) is 1.70. The van der Waals surface area contributed by atoms with Gasteiger partial charge in [0.25, 0.3) is 0 Å². The maximum absolute atomic E-state index is 13.7. The molecule has 0 atom stereocenters. The van der Waals surface area contributed by atoms with Gasteiger partial charge in [-0.1, -0.05) is 17.7 Å². The summed E-state index contributed by atoms with van der Waals surface area (Å²) in [4.78, 5) is 13.8. The van der Waals surface area contributed by atoms with Crippen molar-refractivity contribution >= 4 is 17.5 Å². The Morgan fingerprint density at radius 3 is 2.79 bits per heavy atom. The molecule has 0 bridgehead atoms. The fourth-order valence-electron chi connectivity index (χ4n) is 2.38. The molecule has 5 heteroatoms. The van der Waals surface area contributed by atoms with Crippen LogP contribution in [0.4, 0.5) is 4.39 Å². The van der Waals surface area contributed by atoms with E-state index in [9.17, 15) is 9.18 Å². The quantitative estimate of drug-likeness (QED) is 0.925. The molecular weight excluding hydrogens is 267 g/mol. The van der Waals surface area contributed by atoms with Gasteiger partial charge in [0.2, 0.25) is 5.91 Å². The number of carbonyl (C=O) groups excluding carboxylic acids is 1. The van der Waals surface area contributed by atoms with Crippen molar-refractivity contribution in [2.24, 2.45) is 5.92 Å². The lowest BCUT2D eigenvalue weighted by molar-refractivity contribution is -0.135. The van der Waals surface area contributed by atoms with Gasteiger partial charge in [-0.2, -0.15) is 0 Å². The predicted octanol–water partition coefficient (Wildman–Crippen LogP) is 2.44. The third kappa shape index (κ3) is 3.45. The topological polar surface area (TPSA) is 32.3 Å². The minimum atomic E-state index is -0.363. The lowest BCUT2D eigenvalue weighted by atomic mass is 9.96. The molecule has 2 rings (SSSR count). The van der Waals surface area contributed by atoms with Crippen LogP contribution in [-0.4, -0.2) is 30.9 Å². The molecule has 1 N–H and O–H groups in total. The summed E-state index contributed by atoms with van der Waals surface area (Å²) in [6.45, 7) is 1.95. The van der Waals surface area contributed by atoms with Crippen molar-refractivity contribution in [1.82, 2.24) is 10.2 Å². The number of carbonyl (C=O) groups is 1. The molecule has 0 unspecified atom stereocenters. The smallest absolute Gasteiger partial charge is 0.225 e. The monoisotopic (exact) mass is 284 g/mol. The van der Waals surface area contributed by atoms with E-state index in [0.29, 0.717) is 10.6 Å². The Balaban J connectivity index is 2.03. The lowest BCUT2D eigenvalue weighted by Gasteiger charge is -2.27. The minimum Gasteiger partial charge on any atom is -0.341 e. The number of amides is 1. The Kier molecular flexibility index (Phi) is 4.77. The summed E-state index contributed by atoms with van der Waals surface area (Å²) in [5.41, 5.74) is 0.383. The largest absolute Gasteiger partial charge is 0.341 e. The Bertz CT molecular complexity index is 441. The van der Waals surface area contributed by atoms with E-state index in [1.54, 1.807) is 24.1 Å². The molecule has 1 aliphatic rings. The first-order valence-electron chi connectivity index (χ1n) is 6.48. The van der Waals surface area contributed by atoms with Gasteiger partial charge in [-0.25, -0.2) is 4.39 Å². The molecule has 1 fully saturated rings. The van der Waals surface area contributed by atoms with E-state index in [1.807, 2.05) is 0 Å². The molecule has 0 spiro atoms. The predicted molar refractivity (Wildman–Crippen MR) is 73.5 cm³/mol. The van der Waals surface area contributed by atoms with E-state index in [2.05, 4.69) is 5.32 Å². The molecule has 0 radical (unpaired) electrons. The van der Waals surface area contributed by atoms with Gasteiger partial charge in [-0.15, -0.1) is 0 Å². The van der Waals surface area contributed by atoms with E-state index in [1.165, 1.54) is 6.07 Å². The summed E-state index contributed by atoms with van der Waals surface area (Å²) in [6, 6.07) is 4.57. The highest BCUT2D eigenvalue weighted by molar-refractivity contribution is 6.31. The SMILES string of the molecule is CN(Cc1c(F)cccc1Cl)C(=O)C1CCNCC1. The number of hydrogen-bond acceptors (Lipinski definition) is 2. The number of nitrogens with zero attached hydrogens (tertiary/aromatic N) is 1. The molecule has 1 aromatic rings. The van der Waals surface area contributed by atoms with Gasteiger partial charge in [0, 0.05) is 30.1 Å². The van der Waals surface area contributed by atoms with Crippen LogP contribution in [0.3, 0.4) is 0 Å². The lowest BCUT2D eigenvalue weighted by Crippen LogP contribution is -2.39. The number of nitrogens with one attached hydrogen (secondary N) is 1. The second-order valence-electron chi connectivity index (χ2n) is 4.92.